The van der Waals surface area contributed by atoms with Gasteiger partial charge in [0.2, 0.25) is 22.8 Å². The zero-order chi connectivity index (χ0) is 47.0. The van der Waals surface area contributed by atoms with Gasteiger partial charge in [0, 0.05) is 157 Å². The first kappa shape index (κ1) is 41.7. The fourth-order valence-electron chi connectivity index (χ4n) is 11.6. The maximum atomic E-state index is 2.57. The Labute approximate surface area is 408 Å². The molecule has 338 valence electrons. The van der Waals surface area contributed by atoms with Crippen molar-refractivity contribution in [2.24, 2.45) is 28.2 Å². The number of hydrogen-bond donors (Lipinski definition) is 0. The number of aryl methyl sites for hydroxylation is 6. The monoisotopic (exact) mass is 906 g/mol. The lowest BCUT2D eigenvalue weighted by atomic mass is 9.84. The highest BCUT2D eigenvalue weighted by molar-refractivity contribution is 5.96. The van der Waals surface area contributed by atoms with Crippen molar-refractivity contribution in [3.8, 4) is 22.5 Å². The summed E-state index contributed by atoms with van der Waals surface area (Å²) in [5.74, 6) is 0. The van der Waals surface area contributed by atoms with Crippen LogP contribution in [-0.4, -0.2) is 18.3 Å². The average molecular weight is 907 g/mol. The summed E-state index contributed by atoms with van der Waals surface area (Å²) in [4.78, 5) is 0. The molecule has 0 radical (unpaired) electrons. The van der Waals surface area contributed by atoms with Crippen molar-refractivity contribution in [1.82, 2.24) is 18.3 Å². The maximum absolute atomic E-state index is 2.57. The van der Waals surface area contributed by atoms with Crippen LogP contribution in [0.15, 0.2) is 158 Å². The second kappa shape index (κ2) is 16.6. The van der Waals surface area contributed by atoms with Gasteiger partial charge in [-0.05, 0) is 69.8 Å². The lowest BCUT2D eigenvalue weighted by molar-refractivity contribution is -0.691. The van der Waals surface area contributed by atoms with Gasteiger partial charge in [-0.15, -0.1) is 0 Å². The van der Waals surface area contributed by atoms with Crippen LogP contribution in [0, 0.1) is 0 Å². The molecule has 0 amide bonds. The summed E-state index contributed by atoms with van der Waals surface area (Å²) in [6, 6.07) is 49.2. The van der Waals surface area contributed by atoms with Gasteiger partial charge in [0.25, 0.3) is 0 Å². The number of hydrogen-bond acceptors (Lipinski definition) is 0. The van der Waals surface area contributed by atoms with Crippen LogP contribution in [0.25, 0.3) is 115 Å². The SMILES string of the molecule is Cn1cc(/C=C/c2cc(/C=C/c3cn(C)c4ccccc34)[n+]3c(c2)-c2c(ccc4c2-c2cc(/C=C/c5cn(C)c6ccccc56)cc(/C=C/c5cn(C)c6ccccc56)[n+]2CC4)CC3)c2ccccc21. The van der Waals surface area contributed by atoms with E-state index in [2.05, 4.69) is 262 Å². The lowest BCUT2D eigenvalue weighted by Crippen LogP contribution is -2.46. The number of nitrogens with zero attached hydrogens (tertiary/aromatic N) is 6. The number of benzene rings is 5. The largest absolute Gasteiger partial charge is 0.350 e. The van der Waals surface area contributed by atoms with Crippen molar-refractivity contribution < 1.29 is 9.13 Å². The van der Waals surface area contributed by atoms with E-state index in [0.29, 0.717) is 0 Å². The Balaban J connectivity index is 1.00. The molecule has 0 fully saturated rings. The Morgan fingerprint density at radius 3 is 1.01 bits per heavy atom. The van der Waals surface area contributed by atoms with Gasteiger partial charge in [0.15, 0.2) is 13.1 Å². The molecule has 0 N–H and O–H groups in total. The Morgan fingerprint density at radius 1 is 0.357 bits per heavy atom. The molecule has 0 spiro atoms. The zero-order valence-corrected chi connectivity index (χ0v) is 40.1. The normalized spacial score (nSPS) is 13.5. The van der Waals surface area contributed by atoms with Crippen LogP contribution in [0.1, 0.15) is 55.9 Å². The molecule has 6 heteroatoms. The standard InChI is InChI=1S/C64H54N6/c1-65-39-47(53-13-5-9-17-57(53)65)23-21-43-35-51(29-27-49-41-67(3)59-19-11-7-15-55(49)59)69-33-31-45-25-26-46-32-34-70-52(30-28-50-42-68(4)60-20-12-8-16-56(50)60)36-44(38-62(70)64(46)63(45)61(69)37-43)22-24-48-40-66(2)58-18-10-6-14-54(48)58/h5-30,35-42H,31-34H2,1-4H3/q+2. The van der Waals surface area contributed by atoms with Crippen LogP contribution < -0.4 is 9.13 Å². The van der Waals surface area contributed by atoms with Gasteiger partial charge in [-0.3, -0.25) is 0 Å². The van der Waals surface area contributed by atoms with Gasteiger partial charge in [-0.1, -0.05) is 109 Å². The van der Waals surface area contributed by atoms with Crippen LogP contribution in [0.4, 0.5) is 0 Å². The first-order valence-corrected chi connectivity index (χ1v) is 24.5. The third-order valence-electron chi connectivity index (χ3n) is 15.0. The molecule has 11 aromatic rings. The van der Waals surface area contributed by atoms with Crippen LogP contribution >= 0.6 is 0 Å². The third kappa shape index (κ3) is 7.01. The van der Waals surface area contributed by atoms with Crippen LogP contribution in [0.2, 0.25) is 0 Å². The first-order chi connectivity index (χ1) is 34.3. The summed E-state index contributed by atoms with van der Waals surface area (Å²) in [6.07, 6.45) is 29.4. The smallest absolute Gasteiger partial charge is 0.214 e. The van der Waals surface area contributed by atoms with E-state index < -0.39 is 0 Å². The fraction of sp³-hybridized carbons (Fsp3) is 0.125. The van der Waals surface area contributed by atoms with Gasteiger partial charge in [-0.2, -0.15) is 9.13 Å². The molecule has 6 aromatic heterocycles. The highest BCUT2D eigenvalue weighted by Gasteiger charge is 2.36. The van der Waals surface area contributed by atoms with Gasteiger partial charge in [0.05, 0.1) is 11.1 Å². The average Bonchev–Trinajstić information content (AvgIpc) is 4.11. The number of fused-ring (bicyclic) bond motifs is 11. The summed E-state index contributed by atoms with van der Waals surface area (Å²) >= 11 is 0. The third-order valence-corrected chi connectivity index (χ3v) is 15.0. The van der Waals surface area contributed by atoms with Crippen molar-refractivity contribution in [3.63, 3.8) is 0 Å². The van der Waals surface area contributed by atoms with E-state index in [1.54, 1.807) is 0 Å². The van der Waals surface area contributed by atoms with Gasteiger partial charge < -0.3 is 18.3 Å². The highest BCUT2D eigenvalue weighted by Crippen LogP contribution is 2.41. The molecule has 70 heavy (non-hydrogen) atoms. The minimum Gasteiger partial charge on any atom is -0.350 e. The molecule has 2 aliphatic heterocycles. The van der Waals surface area contributed by atoms with Gasteiger partial charge >= 0.3 is 0 Å². The van der Waals surface area contributed by atoms with E-state index >= 15 is 0 Å². The van der Waals surface area contributed by atoms with E-state index in [-0.39, 0.29) is 0 Å². The molecule has 13 rings (SSSR count). The molecule has 2 aliphatic rings. The second-order valence-corrected chi connectivity index (χ2v) is 19.3. The van der Waals surface area contributed by atoms with Gasteiger partial charge in [0.1, 0.15) is 0 Å². The Bertz CT molecular complexity index is 3800. The maximum Gasteiger partial charge on any atom is 0.214 e. The van der Waals surface area contributed by atoms with Crippen LogP contribution in [0.5, 0.6) is 0 Å². The first-order valence-electron chi connectivity index (χ1n) is 24.5. The molecule has 0 bridgehead atoms. The molecule has 0 unspecified atom stereocenters. The second-order valence-electron chi connectivity index (χ2n) is 19.3. The van der Waals surface area contributed by atoms with Crippen LogP contribution in [0.3, 0.4) is 0 Å². The van der Waals surface area contributed by atoms with Crippen molar-refractivity contribution in [2.75, 3.05) is 0 Å². The molecular weight excluding hydrogens is 853 g/mol. The van der Waals surface area contributed by atoms with E-state index in [9.17, 15) is 0 Å². The quantitative estimate of drug-likeness (QED) is 0.136. The van der Waals surface area contributed by atoms with Crippen molar-refractivity contribution in [2.45, 2.75) is 25.9 Å². The minimum absolute atomic E-state index is 0.899. The fourth-order valence-corrected chi connectivity index (χ4v) is 11.6. The van der Waals surface area contributed by atoms with E-state index in [1.165, 1.54) is 122 Å². The molecule has 0 saturated heterocycles. The molecule has 0 saturated carbocycles. The van der Waals surface area contributed by atoms with Crippen molar-refractivity contribution >= 4 is 92.2 Å². The number of para-hydroxylation sites is 4. The molecular formula is C64H54N6+2. The minimum atomic E-state index is 0.899. The topological polar surface area (TPSA) is 27.5 Å². The molecule has 0 atom stereocenters. The lowest BCUT2D eigenvalue weighted by Gasteiger charge is -2.24. The van der Waals surface area contributed by atoms with Gasteiger partial charge in [-0.25, -0.2) is 0 Å². The van der Waals surface area contributed by atoms with E-state index in [1.807, 2.05) is 0 Å². The van der Waals surface area contributed by atoms with Crippen molar-refractivity contribution in [1.29, 1.82) is 0 Å². The molecule has 8 heterocycles. The summed E-state index contributed by atoms with van der Waals surface area (Å²) in [6.45, 7) is 1.80. The number of rotatable bonds is 8. The Kier molecular flexibility index (Phi) is 9.91. The molecule has 6 nitrogen and oxygen atoms in total. The van der Waals surface area contributed by atoms with Crippen molar-refractivity contribution in [3.05, 3.63) is 214 Å². The Morgan fingerprint density at radius 2 is 0.671 bits per heavy atom. The summed E-state index contributed by atoms with van der Waals surface area (Å²) in [5.41, 5.74) is 22.5. The number of pyridine rings is 2. The summed E-state index contributed by atoms with van der Waals surface area (Å²) in [5, 5.41) is 5.04. The highest BCUT2D eigenvalue weighted by atomic mass is 15.0. The summed E-state index contributed by atoms with van der Waals surface area (Å²) < 4.78 is 14.1. The van der Waals surface area contributed by atoms with E-state index in [4.69, 9.17) is 0 Å². The van der Waals surface area contributed by atoms with E-state index in [0.717, 1.165) is 25.9 Å². The Hall–Kier alpha value is -8.48. The van der Waals surface area contributed by atoms with Crippen LogP contribution in [-0.2, 0) is 54.1 Å². The molecule has 0 aliphatic carbocycles. The molecule has 5 aromatic carbocycles. The zero-order valence-electron chi connectivity index (χ0n) is 40.1. The number of aromatic nitrogens is 6. The predicted molar refractivity (Wildman–Crippen MR) is 293 cm³/mol. The predicted octanol–water partition coefficient (Wildman–Crippen LogP) is 13.4. The summed E-state index contributed by atoms with van der Waals surface area (Å²) in [7, 11) is 8.55.